The standard InChI is InChI=1S/C21H22ClN3O5S/c22-16-3-1-14(2-4-16)12-23-21(27)15-7-9-25(10-8-15)31(28,29)17-5-6-18-19(11-17)30-13-20(26)24-18/h1-6,11,15H,7-10,12-13H2,(H,23,27)(H,24,26). The number of anilines is 1. The molecule has 0 unspecified atom stereocenters. The highest BCUT2D eigenvalue weighted by Gasteiger charge is 2.32. The number of carbonyl (C=O) groups excluding carboxylic acids is 2. The zero-order chi connectivity index (χ0) is 22.0. The number of ether oxygens (including phenoxy) is 1. The van der Waals surface area contributed by atoms with Gasteiger partial charge in [0.1, 0.15) is 5.75 Å². The molecule has 31 heavy (non-hydrogen) atoms. The molecule has 2 N–H and O–H groups in total. The zero-order valence-electron chi connectivity index (χ0n) is 16.6. The summed E-state index contributed by atoms with van der Waals surface area (Å²) in [6, 6.07) is 11.6. The molecule has 2 heterocycles. The van der Waals surface area contributed by atoms with Gasteiger partial charge in [-0.05, 0) is 42.7 Å². The normalized spacial score (nSPS) is 17.4. The average molecular weight is 464 g/mol. The number of hydrogen-bond donors (Lipinski definition) is 2. The molecule has 0 aliphatic carbocycles. The molecule has 2 aliphatic rings. The summed E-state index contributed by atoms with van der Waals surface area (Å²) in [6.45, 7) is 0.777. The summed E-state index contributed by atoms with van der Waals surface area (Å²) in [6.07, 6.45) is 0.895. The van der Waals surface area contributed by atoms with Gasteiger partial charge in [-0.2, -0.15) is 4.31 Å². The van der Waals surface area contributed by atoms with E-state index in [2.05, 4.69) is 10.6 Å². The number of rotatable bonds is 5. The molecule has 2 amide bonds. The van der Waals surface area contributed by atoms with Gasteiger partial charge in [-0.1, -0.05) is 23.7 Å². The summed E-state index contributed by atoms with van der Waals surface area (Å²) < 4.78 is 32.8. The molecular weight excluding hydrogens is 442 g/mol. The number of benzene rings is 2. The van der Waals surface area contributed by atoms with Crippen molar-refractivity contribution < 1.29 is 22.7 Å². The molecule has 0 saturated carbocycles. The van der Waals surface area contributed by atoms with E-state index in [0.717, 1.165) is 5.56 Å². The highest BCUT2D eigenvalue weighted by Crippen LogP contribution is 2.32. The van der Waals surface area contributed by atoms with E-state index in [0.29, 0.717) is 35.8 Å². The van der Waals surface area contributed by atoms with E-state index in [1.54, 1.807) is 12.1 Å². The van der Waals surface area contributed by atoms with Crippen molar-refractivity contribution in [2.75, 3.05) is 25.0 Å². The molecule has 0 aromatic heterocycles. The SMILES string of the molecule is O=C1COc2cc(S(=O)(=O)N3CCC(C(=O)NCc4ccc(Cl)cc4)CC3)ccc2N1. The third kappa shape index (κ3) is 4.84. The Morgan fingerprint density at radius 1 is 1.16 bits per heavy atom. The van der Waals surface area contributed by atoms with Crippen LogP contribution in [0.3, 0.4) is 0 Å². The van der Waals surface area contributed by atoms with Gasteiger partial charge in [-0.3, -0.25) is 9.59 Å². The Morgan fingerprint density at radius 2 is 1.87 bits per heavy atom. The predicted octanol–water partition coefficient (Wildman–Crippen LogP) is 2.39. The first kappa shape index (κ1) is 21.6. The van der Waals surface area contributed by atoms with Crippen molar-refractivity contribution in [3.63, 3.8) is 0 Å². The van der Waals surface area contributed by atoms with Crippen molar-refractivity contribution in [1.29, 1.82) is 0 Å². The van der Waals surface area contributed by atoms with Gasteiger partial charge in [0.05, 0.1) is 10.6 Å². The fraction of sp³-hybridized carbons (Fsp3) is 0.333. The molecule has 1 saturated heterocycles. The van der Waals surface area contributed by atoms with Crippen LogP contribution < -0.4 is 15.4 Å². The maximum atomic E-state index is 13.0. The quantitative estimate of drug-likeness (QED) is 0.708. The number of sulfonamides is 1. The van der Waals surface area contributed by atoms with E-state index < -0.39 is 10.0 Å². The Morgan fingerprint density at radius 3 is 2.58 bits per heavy atom. The number of fused-ring (bicyclic) bond motifs is 1. The van der Waals surface area contributed by atoms with Crippen LogP contribution in [-0.2, 0) is 26.2 Å². The summed E-state index contributed by atoms with van der Waals surface area (Å²) in [5.74, 6) is -0.262. The molecule has 0 atom stereocenters. The lowest BCUT2D eigenvalue weighted by Crippen LogP contribution is -2.42. The second kappa shape index (κ2) is 8.86. The minimum Gasteiger partial charge on any atom is -0.482 e. The number of hydrogen-bond acceptors (Lipinski definition) is 5. The average Bonchev–Trinajstić information content (AvgIpc) is 2.78. The minimum atomic E-state index is -3.72. The number of nitrogens with zero attached hydrogens (tertiary/aromatic N) is 1. The Bertz CT molecular complexity index is 1100. The fourth-order valence-electron chi connectivity index (χ4n) is 3.66. The van der Waals surface area contributed by atoms with Gasteiger partial charge in [-0.25, -0.2) is 8.42 Å². The fourth-order valence-corrected chi connectivity index (χ4v) is 5.27. The minimum absolute atomic E-state index is 0.0788. The highest BCUT2D eigenvalue weighted by atomic mass is 35.5. The van der Waals surface area contributed by atoms with Crippen LogP contribution in [0.25, 0.3) is 0 Å². The molecule has 0 bridgehead atoms. The topological polar surface area (TPSA) is 105 Å². The first-order valence-corrected chi connectivity index (χ1v) is 11.7. The smallest absolute Gasteiger partial charge is 0.262 e. The molecule has 2 aromatic carbocycles. The molecule has 0 radical (unpaired) electrons. The van der Waals surface area contributed by atoms with Crippen LogP contribution in [0.2, 0.25) is 5.02 Å². The van der Waals surface area contributed by atoms with Crippen molar-refractivity contribution in [3.8, 4) is 5.75 Å². The van der Waals surface area contributed by atoms with Gasteiger partial charge in [0.2, 0.25) is 15.9 Å². The molecular formula is C21H22ClN3O5S. The third-order valence-electron chi connectivity index (χ3n) is 5.43. The maximum Gasteiger partial charge on any atom is 0.262 e. The molecule has 1 fully saturated rings. The zero-order valence-corrected chi connectivity index (χ0v) is 18.2. The van der Waals surface area contributed by atoms with E-state index in [9.17, 15) is 18.0 Å². The maximum absolute atomic E-state index is 13.0. The van der Waals surface area contributed by atoms with Crippen LogP contribution >= 0.6 is 11.6 Å². The Kier molecular flexibility index (Phi) is 6.17. The lowest BCUT2D eigenvalue weighted by atomic mass is 9.97. The molecule has 4 rings (SSSR count). The Labute approximate surface area is 185 Å². The summed E-state index contributed by atoms with van der Waals surface area (Å²) in [5.41, 5.74) is 1.40. The van der Waals surface area contributed by atoms with Crippen molar-refractivity contribution in [2.45, 2.75) is 24.3 Å². The van der Waals surface area contributed by atoms with Crippen LogP contribution in [-0.4, -0.2) is 44.2 Å². The van der Waals surface area contributed by atoms with E-state index in [-0.39, 0.29) is 42.3 Å². The van der Waals surface area contributed by atoms with Crippen LogP contribution in [0.15, 0.2) is 47.4 Å². The second-order valence-corrected chi connectivity index (χ2v) is 9.89. The second-order valence-electron chi connectivity index (χ2n) is 7.52. The van der Waals surface area contributed by atoms with E-state index in [1.165, 1.54) is 22.5 Å². The largest absolute Gasteiger partial charge is 0.482 e. The predicted molar refractivity (Wildman–Crippen MR) is 115 cm³/mol. The summed E-state index contributed by atoms with van der Waals surface area (Å²) >= 11 is 5.87. The van der Waals surface area contributed by atoms with Gasteiger partial charge < -0.3 is 15.4 Å². The van der Waals surface area contributed by atoms with Crippen LogP contribution in [0.4, 0.5) is 5.69 Å². The lowest BCUT2D eigenvalue weighted by Gasteiger charge is -2.31. The van der Waals surface area contributed by atoms with Gasteiger partial charge in [0.25, 0.3) is 5.91 Å². The van der Waals surface area contributed by atoms with Crippen LogP contribution in [0.1, 0.15) is 18.4 Å². The molecule has 164 valence electrons. The van der Waals surface area contributed by atoms with Crippen LogP contribution in [0, 0.1) is 5.92 Å². The summed E-state index contributed by atoms with van der Waals surface area (Å²) in [7, 11) is -3.72. The molecule has 10 heteroatoms. The first-order valence-electron chi connectivity index (χ1n) is 9.92. The third-order valence-corrected chi connectivity index (χ3v) is 7.58. The van der Waals surface area contributed by atoms with E-state index in [1.807, 2.05) is 12.1 Å². The highest BCUT2D eigenvalue weighted by molar-refractivity contribution is 7.89. The van der Waals surface area contributed by atoms with Crippen LogP contribution in [0.5, 0.6) is 5.75 Å². The van der Waals surface area contributed by atoms with Gasteiger partial charge in [-0.15, -0.1) is 0 Å². The number of carbonyl (C=O) groups is 2. The number of piperidine rings is 1. The van der Waals surface area contributed by atoms with E-state index in [4.69, 9.17) is 16.3 Å². The summed E-state index contributed by atoms with van der Waals surface area (Å²) in [5, 5.41) is 6.19. The Balaban J connectivity index is 1.35. The monoisotopic (exact) mass is 463 g/mol. The number of nitrogens with one attached hydrogen (secondary N) is 2. The molecule has 2 aromatic rings. The van der Waals surface area contributed by atoms with Gasteiger partial charge in [0, 0.05) is 36.6 Å². The molecule has 8 nitrogen and oxygen atoms in total. The number of amides is 2. The van der Waals surface area contributed by atoms with Crippen molar-refractivity contribution >= 4 is 39.1 Å². The first-order chi connectivity index (χ1) is 14.8. The van der Waals surface area contributed by atoms with Crippen molar-refractivity contribution in [1.82, 2.24) is 9.62 Å². The van der Waals surface area contributed by atoms with Crippen molar-refractivity contribution in [2.24, 2.45) is 5.92 Å². The molecule has 2 aliphatic heterocycles. The number of halogens is 1. The molecule has 0 spiro atoms. The van der Waals surface area contributed by atoms with E-state index >= 15 is 0 Å². The van der Waals surface area contributed by atoms with Crippen molar-refractivity contribution in [3.05, 3.63) is 53.1 Å². The summed E-state index contributed by atoms with van der Waals surface area (Å²) in [4.78, 5) is 24.0. The Hall–Kier alpha value is -2.62. The van der Waals surface area contributed by atoms with Gasteiger partial charge >= 0.3 is 0 Å². The van der Waals surface area contributed by atoms with Gasteiger partial charge in [0.15, 0.2) is 6.61 Å². The lowest BCUT2D eigenvalue weighted by molar-refractivity contribution is -0.126.